The third-order valence-corrected chi connectivity index (χ3v) is 3.93. The van der Waals surface area contributed by atoms with Gasteiger partial charge in [0.2, 0.25) is 0 Å². The first-order valence-corrected chi connectivity index (χ1v) is 7.62. The van der Waals surface area contributed by atoms with Crippen LogP contribution < -0.4 is 0 Å². The number of halogens is 3. The number of carboxylic acids is 1. The van der Waals surface area contributed by atoms with Gasteiger partial charge in [0.1, 0.15) is 22.5 Å². The quantitative estimate of drug-likeness (QED) is 0.573. The minimum atomic E-state index is -4.45. The maximum atomic E-state index is 12.9. The molecule has 0 aliphatic rings. The number of aromatic amines is 1. The Balaban J connectivity index is 1.74. The van der Waals surface area contributed by atoms with Gasteiger partial charge < -0.3 is 14.7 Å². The fourth-order valence-electron chi connectivity index (χ4n) is 2.62. The van der Waals surface area contributed by atoms with E-state index in [1.54, 1.807) is 0 Å². The number of benzene rings is 1. The summed E-state index contributed by atoms with van der Waals surface area (Å²) in [6.07, 6.45) is 1.10. The molecule has 4 rings (SSSR count). The maximum Gasteiger partial charge on any atom is 0.416 e. The van der Waals surface area contributed by atoms with Crippen molar-refractivity contribution in [1.29, 1.82) is 0 Å². The molecule has 136 valence electrons. The molecule has 0 aliphatic carbocycles. The highest BCUT2D eigenvalue weighted by atomic mass is 19.4. The summed E-state index contributed by atoms with van der Waals surface area (Å²) >= 11 is 0. The lowest BCUT2D eigenvalue weighted by atomic mass is 10.2. The molecule has 0 saturated heterocycles. The lowest BCUT2D eigenvalue weighted by Crippen LogP contribution is -2.05. The zero-order chi connectivity index (χ0) is 19.2. The van der Waals surface area contributed by atoms with Crippen LogP contribution in [0.25, 0.3) is 28.2 Å². The number of rotatable bonds is 3. The van der Waals surface area contributed by atoms with Crippen LogP contribution >= 0.6 is 0 Å². The maximum absolute atomic E-state index is 12.9. The zero-order valence-corrected chi connectivity index (χ0v) is 13.4. The molecule has 0 aliphatic heterocycles. The molecule has 0 amide bonds. The van der Waals surface area contributed by atoms with Gasteiger partial charge in [0.05, 0.1) is 18.1 Å². The van der Waals surface area contributed by atoms with Gasteiger partial charge in [0, 0.05) is 18.1 Å². The number of H-pyrrole nitrogens is 1. The highest BCUT2D eigenvalue weighted by Crippen LogP contribution is 2.30. The summed E-state index contributed by atoms with van der Waals surface area (Å²) < 4.78 is 40.1. The number of nitrogens with zero attached hydrogens (tertiary/aromatic N) is 4. The smallest absolute Gasteiger partial charge is 0.416 e. The van der Waals surface area contributed by atoms with Gasteiger partial charge in [-0.25, -0.2) is 19.7 Å². The van der Waals surface area contributed by atoms with Crippen molar-refractivity contribution in [3.8, 4) is 17.1 Å². The minimum Gasteiger partial charge on any atom is -0.478 e. The molecule has 27 heavy (non-hydrogen) atoms. The Morgan fingerprint density at radius 2 is 2.00 bits per heavy atom. The third-order valence-electron chi connectivity index (χ3n) is 3.93. The van der Waals surface area contributed by atoms with Gasteiger partial charge in [-0.1, -0.05) is 6.07 Å². The Kier molecular flexibility index (Phi) is 3.69. The van der Waals surface area contributed by atoms with E-state index in [1.165, 1.54) is 41.6 Å². The van der Waals surface area contributed by atoms with Crippen LogP contribution in [0.1, 0.15) is 15.9 Å². The molecule has 0 atom stereocenters. The molecular formula is C17H10F3N5O2. The number of fused-ring (bicyclic) bond motifs is 1. The van der Waals surface area contributed by atoms with E-state index in [9.17, 15) is 23.1 Å². The van der Waals surface area contributed by atoms with E-state index >= 15 is 0 Å². The van der Waals surface area contributed by atoms with Crippen LogP contribution in [0.2, 0.25) is 0 Å². The van der Waals surface area contributed by atoms with Crippen LogP contribution in [0.15, 0.2) is 49.2 Å². The van der Waals surface area contributed by atoms with E-state index in [0.717, 1.165) is 12.1 Å². The zero-order valence-electron chi connectivity index (χ0n) is 13.4. The standard InChI is InChI=1S/C17H10F3N5O2/c18-17(19,20)9-2-1-3-10(4-9)25-7-13(23-8-25)12-6-22-15-14(24-12)11(5-21-15)16(26)27/h1-8H,(H,21,22)(H,26,27). The Hall–Kier alpha value is -3.69. The van der Waals surface area contributed by atoms with Crippen molar-refractivity contribution in [2.24, 2.45) is 0 Å². The molecule has 3 aromatic heterocycles. The number of carbonyl (C=O) groups is 1. The molecule has 0 spiro atoms. The summed E-state index contributed by atoms with van der Waals surface area (Å²) in [5.41, 5.74) is 0.619. The van der Waals surface area contributed by atoms with E-state index in [0.29, 0.717) is 17.0 Å². The molecule has 2 N–H and O–H groups in total. The number of aromatic carboxylic acids is 1. The summed E-state index contributed by atoms with van der Waals surface area (Å²) in [5.74, 6) is -1.15. The molecule has 0 bridgehead atoms. The van der Waals surface area contributed by atoms with E-state index in [-0.39, 0.29) is 16.8 Å². The molecule has 10 heteroatoms. The highest BCUT2D eigenvalue weighted by molar-refractivity contribution is 6.00. The van der Waals surface area contributed by atoms with E-state index in [2.05, 4.69) is 19.9 Å². The second-order valence-corrected chi connectivity index (χ2v) is 5.67. The molecule has 0 saturated carbocycles. The summed E-state index contributed by atoms with van der Waals surface area (Å²) in [5, 5.41) is 9.18. The first-order chi connectivity index (χ1) is 12.8. The predicted octanol–water partition coefficient (Wildman–Crippen LogP) is 3.53. The second-order valence-electron chi connectivity index (χ2n) is 5.67. The minimum absolute atomic E-state index is 0.0309. The van der Waals surface area contributed by atoms with Gasteiger partial charge >= 0.3 is 12.1 Å². The van der Waals surface area contributed by atoms with Crippen LogP contribution in [0.5, 0.6) is 0 Å². The summed E-state index contributed by atoms with van der Waals surface area (Å²) in [4.78, 5) is 26.5. The van der Waals surface area contributed by atoms with E-state index in [1.807, 2.05) is 0 Å². The Morgan fingerprint density at radius 3 is 2.74 bits per heavy atom. The Labute approximate surface area is 149 Å². The molecule has 4 aromatic rings. The number of carboxylic acid groups (broad SMARTS) is 1. The van der Waals surface area contributed by atoms with Gasteiger partial charge in [-0.2, -0.15) is 13.2 Å². The van der Waals surface area contributed by atoms with Crippen LogP contribution in [-0.4, -0.2) is 35.6 Å². The van der Waals surface area contributed by atoms with E-state index in [4.69, 9.17) is 0 Å². The Bertz CT molecular complexity index is 1160. The molecule has 0 radical (unpaired) electrons. The SMILES string of the molecule is O=C(O)c1c[nH]c2ncc(-c3cn(-c4cccc(C(F)(F)F)c4)cn3)nc12. The second kappa shape index (κ2) is 5.94. The van der Waals surface area contributed by atoms with Gasteiger partial charge in [-0.3, -0.25) is 0 Å². The van der Waals surface area contributed by atoms with Crippen LogP contribution in [0.4, 0.5) is 13.2 Å². The van der Waals surface area contributed by atoms with Gasteiger partial charge in [0.15, 0.2) is 5.65 Å². The largest absolute Gasteiger partial charge is 0.478 e. The lowest BCUT2D eigenvalue weighted by molar-refractivity contribution is -0.137. The molecule has 7 nitrogen and oxygen atoms in total. The lowest BCUT2D eigenvalue weighted by Gasteiger charge is -2.08. The van der Waals surface area contributed by atoms with Crippen molar-refractivity contribution >= 4 is 17.1 Å². The van der Waals surface area contributed by atoms with Crippen molar-refractivity contribution in [2.75, 3.05) is 0 Å². The van der Waals surface area contributed by atoms with Crippen molar-refractivity contribution in [1.82, 2.24) is 24.5 Å². The van der Waals surface area contributed by atoms with Gasteiger partial charge in [0.25, 0.3) is 0 Å². The fraction of sp³-hybridized carbons (Fsp3) is 0.0588. The number of alkyl halides is 3. The normalized spacial score (nSPS) is 11.8. The number of hydrogen-bond acceptors (Lipinski definition) is 4. The van der Waals surface area contributed by atoms with Gasteiger partial charge in [-0.05, 0) is 18.2 Å². The predicted molar refractivity (Wildman–Crippen MR) is 88.4 cm³/mol. The van der Waals surface area contributed by atoms with Crippen LogP contribution in [0, 0.1) is 0 Å². The fourth-order valence-corrected chi connectivity index (χ4v) is 2.62. The molecule has 1 aromatic carbocycles. The topological polar surface area (TPSA) is 96.7 Å². The van der Waals surface area contributed by atoms with Crippen molar-refractivity contribution < 1.29 is 23.1 Å². The molecule has 0 unspecified atom stereocenters. The number of imidazole rings is 1. The highest BCUT2D eigenvalue weighted by Gasteiger charge is 2.30. The summed E-state index contributed by atoms with van der Waals surface area (Å²) in [6.45, 7) is 0. The van der Waals surface area contributed by atoms with Crippen molar-refractivity contribution in [3.63, 3.8) is 0 Å². The monoisotopic (exact) mass is 373 g/mol. The van der Waals surface area contributed by atoms with Crippen molar-refractivity contribution in [3.05, 3.63) is 60.3 Å². The van der Waals surface area contributed by atoms with E-state index < -0.39 is 17.7 Å². The molecule has 0 fully saturated rings. The molecule has 3 heterocycles. The summed E-state index contributed by atoms with van der Waals surface area (Å²) in [7, 11) is 0. The average molecular weight is 373 g/mol. The Morgan fingerprint density at radius 1 is 1.19 bits per heavy atom. The first-order valence-electron chi connectivity index (χ1n) is 7.62. The van der Waals surface area contributed by atoms with Crippen molar-refractivity contribution in [2.45, 2.75) is 6.18 Å². The van der Waals surface area contributed by atoms with Crippen LogP contribution in [0.3, 0.4) is 0 Å². The molecular weight excluding hydrogens is 363 g/mol. The number of aromatic nitrogens is 5. The third kappa shape index (κ3) is 3.01. The van der Waals surface area contributed by atoms with Crippen LogP contribution in [-0.2, 0) is 6.18 Å². The number of nitrogens with one attached hydrogen (secondary N) is 1. The summed E-state index contributed by atoms with van der Waals surface area (Å²) in [6, 6.07) is 4.82. The average Bonchev–Trinajstić information content (AvgIpc) is 3.27. The van der Waals surface area contributed by atoms with Gasteiger partial charge in [-0.15, -0.1) is 0 Å². The number of hydrogen-bond donors (Lipinski definition) is 2. The first kappa shape index (κ1) is 16.8.